The Labute approximate surface area is 690 Å². The number of nitrogens with two attached hydrogens (primary N) is 6. The van der Waals surface area contributed by atoms with E-state index in [1.165, 1.54) is 53.4 Å². The number of aliphatic carboxylic acids is 2. The maximum atomic E-state index is 15.1. The molecule has 0 aliphatic carbocycles. The summed E-state index contributed by atoms with van der Waals surface area (Å²) in [7, 11) is 0. The minimum absolute atomic E-state index is 0.00423. The molecule has 14 amide bonds. The van der Waals surface area contributed by atoms with Crippen molar-refractivity contribution in [3.05, 3.63) is 59.7 Å². The average molecular weight is 1670 g/mol. The van der Waals surface area contributed by atoms with Crippen LogP contribution in [-0.4, -0.2) is 248 Å². The molecule has 119 heavy (non-hydrogen) atoms. The Balaban J connectivity index is 1.41. The summed E-state index contributed by atoms with van der Waals surface area (Å²) in [6.45, 7) is 10.5. The fourth-order valence-corrected chi connectivity index (χ4v) is 14.0. The van der Waals surface area contributed by atoms with Crippen LogP contribution in [-0.2, 0) is 89.6 Å². The number of phenols is 2. The van der Waals surface area contributed by atoms with Crippen molar-refractivity contribution in [1.29, 1.82) is 0 Å². The number of carboxylic acid groups (broad SMARTS) is 2. The molecule has 5 rings (SSSR count). The van der Waals surface area contributed by atoms with E-state index in [1.54, 1.807) is 41.5 Å². The number of aliphatic imine (C=N–C) groups is 2. The lowest BCUT2D eigenvalue weighted by molar-refractivity contribution is -0.144. The number of amides is 14. The molecule has 2 aromatic rings. The summed E-state index contributed by atoms with van der Waals surface area (Å²) in [6, 6.07) is -7.40. The topological polar surface area (TPSA) is 674 Å². The molecule has 0 bridgehead atoms. The third-order valence-electron chi connectivity index (χ3n) is 20.5. The van der Waals surface area contributed by atoms with Gasteiger partial charge in [0.15, 0.2) is 11.9 Å². The zero-order valence-corrected chi connectivity index (χ0v) is 68.3. The Kier molecular flexibility index (Phi) is 39.9. The molecule has 0 aromatic heterocycles. The number of primary amides is 1. The molecular formula is C78H121N21O20. The summed E-state index contributed by atoms with van der Waals surface area (Å²) < 4.78 is 0. The van der Waals surface area contributed by atoms with Crippen LogP contribution in [0.1, 0.15) is 175 Å². The van der Waals surface area contributed by atoms with Gasteiger partial charge in [-0.25, -0.2) is 4.79 Å². The first-order valence-corrected chi connectivity index (χ1v) is 40.3. The van der Waals surface area contributed by atoms with Crippen molar-refractivity contribution < 1.29 is 97.1 Å². The minimum Gasteiger partial charge on any atom is -0.508 e. The number of carbonyl (C=O) groups is 16. The molecule has 3 saturated heterocycles. The number of carboxylic acids is 2. The molecule has 0 radical (unpaired) electrons. The van der Waals surface area contributed by atoms with Crippen LogP contribution < -0.4 is 92.9 Å². The van der Waals surface area contributed by atoms with Crippen LogP contribution in [0.4, 0.5) is 0 Å². The van der Waals surface area contributed by atoms with Crippen molar-refractivity contribution in [2.75, 3.05) is 32.7 Å². The molecule has 27 N–H and O–H groups in total. The first-order valence-electron chi connectivity index (χ1n) is 40.3. The summed E-state index contributed by atoms with van der Waals surface area (Å²) >= 11 is 0. The zero-order valence-electron chi connectivity index (χ0n) is 68.3. The van der Waals surface area contributed by atoms with Crippen molar-refractivity contribution >= 4 is 107 Å². The number of likely N-dealkylation sites (tertiary alicyclic amines) is 2. The van der Waals surface area contributed by atoms with Gasteiger partial charge in [0.05, 0.1) is 6.42 Å². The maximum Gasteiger partial charge on any atom is 0.326 e. The number of aromatic hydroxyl groups is 2. The third-order valence-corrected chi connectivity index (χ3v) is 20.5. The summed E-state index contributed by atoms with van der Waals surface area (Å²) in [5, 5.41) is 68.7. The summed E-state index contributed by atoms with van der Waals surface area (Å²) in [4.78, 5) is 234. The van der Waals surface area contributed by atoms with Crippen molar-refractivity contribution in [2.45, 2.75) is 255 Å². The number of nitrogens with one attached hydrogen (secondary N) is 11. The highest BCUT2D eigenvalue weighted by atomic mass is 16.4. The number of carbonyl (C=O) groups excluding carboxylic acids is 14. The number of phenolic OH excluding ortho intramolecular Hbond substituents is 2. The normalized spacial score (nSPS) is 17.8. The number of unbranched alkanes of at least 4 members (excludes halogenated alkanes) is 1. The number of hydrogen-bond donors (Lipinski definition) is 21. The fraction of sp³-hybridized carbons (Fsp3) is 0.615. The van der Waals surface area contributed by atoms with E-state index < -0.39 is 192 Å². The highest BCUT2D eigenvalue weighted by Crippen LogP contribution is 2.25. The SMILES string of the molecule is CC[C@H](C)[C@H](NC(=O)[C@H](Cc1ccc(O)cc1)NC(=O)[C@@H]1CCCN1C(=O)[C@H](CCCN=C(N)N)NC(=O)[C@H](CCCN=C(N)N)NC(=O)[C@@H]1CCCN1C(=O)[C@H](CCCCN)NC(=O)[C@H](CC(N)=O)NC(=O)[C@@H](CCC(=O)O)NC(=O)[C@H](Cc1ccc(O)cc1)NC(=O)[C@H](CC(C)C)NC(=O)[C@@H]1CCC(=O)N1)C(=O)N[C@@H](CC(C)C)C(=O)O. The van der Waals surface area contributed by atoms with Gasteiger partial charge in [0.2, 0.25) is 82.7 Å². The Bertz CT molecular complexity index is 3910. The van der Waals surface area contributed by atoms with E-state index in [2.05, 4.69) is 68.5 Å². The molecule has 41 nitrogen and oxygen atoms in total. The molecule has 3 fully saturated rings. The van der Waals surface area contributed by atoms with E-state index in [-0.39, 0.29) is 177 Å². The largest absolute Gasteiger partial charge is 0.508 e. The van der Waals surface area contributed by atoms with Gasteiger partial charge < -0.3 is 123 Å². The number of rotatable bonds is 50. The second-order valence-electron chi connectivity index (χ2n) is 31.1. The van der Waals surface area contributed by atoms with Crippen LogP contribution in [0.25, 0.3) is 0 Å². The highest BCUT2D eigenvalue weighted by molar-refractivity contribution is 6.01. The predicted octanol–water partition coefficient (Wildman–Crippen LogP) is -3.81. The molecule has 14 atom stereocenters. The second-order valence-corrected chi connectivity index (χ2v) is 31.1. The molecule has 0 saturated carbocycles. The van der Waals surface area contributed by atoms with E-state index in [0.717, 1.165) is 4.90 Å². The van der Waals surface area contributed by atoms with Crippen molar-refractivity contribution in [3.8, 4) is 11.5 Å². The van der Waals surface area contributed by atoms with E-state index >= 15 is 9.59 Å². The van der Waals surface area contributed by atoms with Gasteiger partial charge in [-0.3, -0.25) is 81.9 Å². The standard InChI is InChI=1S/C78H121N21O20/c1-7-43(6)63(73(115)96-57(76(118)119)37-42(4)5)97-70(112)55(39-45-21-25-47(101)26-22-45)95-72(114)59-18-13-35-99(59)75(117)52(16-11-33-86-78(83)84)90-64(106)48(15-10-32-85-77(81)82)89-71(113)58-17-12-34-98(58)74(116)51(14-8-9-31-79)91-69(111)56(40-60(80)102)94-66(108)50(28-30-62(104)105)88-68(110)54(38-44-19-23-46(100)24-20-44)93-67(109)53(36-41(2)3)92-65(107)49-27-29-61(103)87-49/h19-26,41-43,48-59,63,100-101H,7-18,27-40,79H2,1-6H3,(H2,80,102)(H,87,103)(H,88,110)(H,89,113)(H,90,106)(H,91,111)(H,92,107)(H,93,109)(H,94,108)(H,95,114)(H,96,115)(H,97,112)(H,104,105)(H,118,119)(H4,81,82,85)(H4,83,84,86)/t43-,48-,49-,50+,51-,52-,53-,54-,55-,56-,57-,58-,59-,63-/m0/s1. The van der Waals surface area contributed by atoms with Crippen LogP contribution in [0.2, 0.25) is 0 Å². The van der Waals surface area contributed by atoms with Gasteiger partial charge in [-0.2, -0.15) is 0 Å². The highest BCUT2D eigenvalue weighted by Gasteiger charge is 2.44. The monoisotopic (exact) mass is 1670 g/mol. The number of hydrogen-bond acceptors (Lipinski definition) is 21. The predicted molar refractivity (Wildman–Crippen MR) is 433 cm³/mol. The third kappa shape index (κ3) is 32.8. The first kappa shape index (κ1) is 97.6. The molecule has 41 heteroatoms. The summed E-state index contributed by atoms with van der Waals surface area (Å²) in [5.41, 5.74) is 34.9. The minimum atomic E-state index is -1.93. The fourth-order valence-electron chi connectivity index (χ4n) is 14.0. The van der Waals surface area contributed by atoms with Crippen molar-refractivity contribution in [3.63, 3.8) is 0 Å². The number of benzene rings is 2. The molecular weight excluding hydrogens is 1550 g/mol. The van der Waals surface area contributed by atoms with Crippen LogP contribution in [0.3, 0.4) is 0 Å². The molecule has 658 valence electrons. The average Bonchev–Trinajstić information content (AvgIpc) is 1.76. The van der Waals surface area contributed by atoms with Gasteiger partial charge >= 0.3 is 11.9 Å². The summed E-state index contributed by atoms with van der Waals surface area (Å²) in [5.74, 6) is -16.7. The molecule has 2 aromatic carbocycles. The smallest absolute Gasteiger partial charge is 0.326 e. The Morgan fingerprint density at radius 2 is 0.882 bits per heavy atom. The van der Waals surface area contributed by atoms with Crippen LogP contribution in [0.15, 0.2) is 58.5 Å². The number of guanidine groups is 2. The van der Waals surface area contributed by atoms with Gasteiger partial charge in [-0.05, 0) is 156 Å². The first-order chi connectivity index (χ1) is 56.3. The molecule has 3 aliphatic heterocycles. The lowest BCUT2D eigenvalue weighted by Gasteiger charge is -2.32. The quantitative estimate of drug-likeness (QED) is 0.0172. The van der Waals surface area contributed by atoms with Gasteiger partial charge in [0.25, 0.3) is 0 Å². The Morgan fingerprint density at radius 1 is 0.479 bits per heavy atom. The Morgan fingerprint density at radius 3 is 1.34 bits per heavy atom. The second kappa shape index (κ2) is 48.7. The van der Waals surface area contributed by atoms with Gasteiger partial charge in [-0.15, -0.1) is 0 Å². The maximum absolute atomic E-state index is 15.1. The van der Waals surface area contributed by atoms with Crippen LogP contribution in [0, 0.1) is 17.8 Å². The van der Waals surface area contributed by atoms with E-state index in [0.29, 0.717) is 24.0 Å². The van der Waals surface area contributed by atoms with E-state index in [4.69, 9.17) is 34.4 Å². The van der Waals surface area contributed by atoms with E-state index in [9.17, 15) is 87.5 Å². The molecule has 3 aliphatic rings. The molecule has 0 spiro atoms. The van der Waals surface area contributed by atoms with Gasteiger partial charge in [-0.1, -0.05) is 72.2 Å². The number of nitrogens with zero attached hydrogens (tertiary/aromatic N) is 4. The molecule has 0 unspecified atom stereocenters. The lowest BCUT2D eigenvalue weighted by Crippen LogP contribution is -2.61. The Hall–Kier alpha value is -11.9. The van der Waals surface area contributed by atoms with Gasteiger partial charge in [0.1, 0.15) is 90.0 Å². The van der Waals surface area contributed by atoms with Gasteiger partial charge in [0, 0.05) is 51.9 Å². The zero-order chi connectivity index (χ0) is 88.3. The van der Waals surface area contributed by atoms with E-state index in [1.807, 2.05) is 0 Å². The molecule has 3 heterocycles. The van der Waals surface area contributed by atoms with Crippen LogP contribution in [0.5, 0.6) is 11.5 Å². The summed E-state index contributed by atoms with van der Waals surface area (Å²) in [6.07, 6.45) is -1.46. The van der Waals surface area contributed by atoms with Crippen molar-refractivity contribution in [2.24, 2.45) is 62.1 Å². The lowest BCUT2D eigenvalue weighted by atomic mass is 9.96. The van der Waals surface area contributed by atoms with Crippen LogP contribution >= 0.6 is 0 Å². The van der Waals surface area contributed by atoms with Crippen molar-refractivity contribution in [1.82, 2.24) is 68.3 Å².